The standard InChI is InChI=1S/C31H22O5.C19H12IO2/c32-31(33)26-21-27(34-23-15-7-2-8-16-23)29(35-24-17-9-3-10-18-24)30(36-25-19-11-4-12-20-25)28(26)22-13-5-1-6-14-22;21-19-15-8-4-5-9-17(15)22-18-11-10-14(12-16(18)19)20-13-6-2-1-3-7-13/h1-21H,(H,32,33);1-12H/q;+1/p-1. The van der Waals surface area contributed by atoms with Crippen molar-refractivity contribution < 1.29 is 49.7 Å². The van der Waals surface area contributed by atoms with E-state index in [1.54, 1.807) is 36.4 Å². The number of benzene rings is 8. The van der Waals surface area contributed by atoms with E-state index in [2.05, 4.69) is 30.3 Å². The fraction of sp³-hybridized carbons (Fsp3) is 0. The third kappa shape index (κ3) is 8.77. The molecule has 0 fully saturated rings. The van der Waals surface area contributed by atoms with Crippen LogP contribution in [-0.2, 0) is 0 Å². The molecule has 0 saturated carbocycles. The number of aromatic carboxylic acids is 1. The van der Waals surface area contributed by atoms with Crippen LogP contribution in [0.4, 0.5) is 0 Å². The van der Waals surface area contributed by atoms with E-state index in [9.17, 15) is 14.7 Å². The first kappa shape index (κ1) is 37.7. The van der Waals surface area contributed by atoms with Crippen molar-refractivity contribution in [1.29, 1.82) is 0 Å². The van der Waals surface area contributed by atoms with Crippen LogP contribution in [-0.4, -0.2) is 5.97 Å². The molecular weight excluding hydrogens is 839 g/mol. The lowest BCUT2D eigenvalue weighted by Gasteiger charge is -2.23. The molecular formula is C50H33IO7. The number of rotatable bonds is 10. The van der Waals surface area contributed by atoms with Gasteiger partial charge in [0.15, 0.2) is 18.6 Å². The number of halogens is 1. The lowest BCUT2D eigenvalue weighted by Crippen LogP contribution is -3.61. The van der Waals surface area contributed by atoms with Gasteiger partial charge in [0.2, 0.25) is 11.2 Å². The smallest absolute Gasteiger partial charge is 0.357 e. The molecule has 0 saturated heterocycles. The predicted octanol–water partition coefficient (Wildman–Crippen LogP) is 8.17. The van der Waals surface area contributed by atoms with Gasteiger partial charge in [0, 0.05) is 17.2 Å². The van der Waals surface area contributed by atoms with E-state index in [4.69, 9.17) is 18.6 Å². The quantitative estimate of drug-likeness (QED) is 0.101. The fourth-order valence-electron chi connectivity index (χ4n) is 6.20. The number of carbonyl (C=O) groups excluding carboxylic acids is 1. The molecule has 0 aliphatic carbocycles. The largest absolute Gasteiger partial charge is 0.545 e. The van der Waals surface area contributed by atoms with Gasteiger partial charge < -0.3 is 28.5 Å². The van der Waals surface area contributed by atoms with Crippen molar-refractivity contribution in [1.82, 2.24) is 0 Å². The Kier molecular flexibility index (Phi) is 11.5. The Balaban J connectivity index is 0.000000181. The van der Waals surface area contributed by atoms with Gasteiger partial charge in [-0.25, -0.2) is 0 Å². The maximum Gasteiger partial charge on any atom is 0.357 e. The molecule has 0 unspecified atom stereocenters. The van der Waals surface area contributed by atoms with Crippen molar-refractivity contribution in [2.24, 2.45) is 0 Å². The topological polar surface area (TPSA) is 98.0 Å². The van der Waals surface area contributed by atoms with Crippen LogP contribution in [0.25, 0.3) is 33.1 Å². The Hall–Kier alpha value is -7.17. The molecule has 9 aromatic rings. The van der Waals surface area contributed by atoms with Crippen LogP contribution in [0.3, 0.4) is 0 Å². The number of fused-ring (bicyclic) bond motifs is 2. The lowest BCUT2D eigenvalue weighted by atomic mass is 9.97. The zero-order valence-corrected chi connectivity index (χ0v) is 32.9. The second-order valence-electron chi connectivity index (χ2n) is 12.8. The van der Waals surface area contributed by atoms with Gasteiger partial charge in [-0.05, 0) is 84.4 Å². The van der Waals surface area contributed by atoms with E-state index in [0.717, 1.165) is 0 Å². The number of ether oxygens (including phenoxy) is 3. The van der Waals surface area contributed by atoms with Gasteiger partial charge in [0.05, 0.1) is 16.7 Å². The molecule has 0 radical (unpaired) electrons. The minimum Gasteiger partial charge on any atom is -0.545 e. The summed E-state index contributed by atoms with van der Waals surface area (Å²) in [5, 5.41) is 13.7. The minimum atomic E-state index is -1.36. The maximum absolute atomic E-state index is 12.6. The summed E-state index contributed by atoms with van der Waals surface area (Å²) >= 11 is -0.284. The van der Waals surface area contributed by atoms with Crippen LogP contribution in [0.5, 0.6) is 34.5 Å². The second kappa shape index (κ2) is 17.7. The Labute approximate surface area is 344 Å². The summed E-state index contributed by atoms with van der Waals surface area (Å²) in [5.74, 6) is 0.799. The lowest BCUT2D eigenvalue weighted by molar-refractivity contribution is -0.597. The molecule has 0 aliphatic rings. The number of hydrogen-bond donors (Lipinski definition) is 0. The highest BCUT2D eigenvalue weighted by Gasteiger charge is 2.26. The van der Waals surface area contributed by atoms with Crippen molar-refractivity contribution in [3.8, 4) is 45.6 Å². The monoisotopic (exact) mass is 872 g/mol. The molecule has 0 amide bonds. The van der Waals surface area contributed by atoms with E-state index in [0.29, 0.717) is 50.3 Å². The second-order valence-corrected chi connectivity index (χ2v) is 15.8. The van der Waals surface area contributed by atoms with Crippen LogP contribution in [0, 0.1) is 7.14 Å². The van der Waals surface area contributed by atoms with Gasteiger partial charge in [-0.3, -0.25) is 4.79 Å². The van der Waals surface area contributed by atoms with Gasteiger partial charge in [0.25, 0.3) is 0 Å². The van der Waals surface area contributed by atoms with Crippen LogP contribution < -0.4 is 46.0 Å². The molecule has 282 valence electrons. The summed E-state index contributed by atoms with van der Waals surface area (Å²) in [6.45, 7) is 0. The molecule has 8 heteroatoms. The molecule has 0 spiro atoms. The molecule has 0 atom stereocenters. The summed E-state index contributed by atoms with van der Waals surface area (Å²) in [6.07, 6.45) is 0. The first-order chi connectivity index (χ1) is 28.5. The zero-order valence-electron chi connectivity index (χ0n) is 30.8. The Morgan fingerprint density at radius 2 is 0.983 bits per heavy atom. The number of hydrogen-bond acceptors (Lipinski definition) is 7. The van der Waals surface area contributed by atoms with Crippen molar-refractivity contribution >= 4 is 27.9 Å². The van der Waals surface area contributed by atoms with Crippen molar-refractivity contribution in [2.45, 2.75) is 0 Å². The summed E-state index contributed by atoms with van der Waals surface area (Å²) in [6, 6.07) is 61.7. The van der Waals surface area contributed by atoms with E-state index >= 15 is 0 Å². The van der Waals surface area contributed by atoms with Crippen molar-refractivity contribution in [3.63, 3.8) is 0 Å². The zero-order chi connectivity index (χ0) is 39.7. The van der Waals surface area contributed by atoms with Gasteiger partial charge in [-0.15, -0.1) is 0 Å². The van der Waals surface area contributed by atoms with Crippen LogP contribution in [0.2, 0.25) is 0 Å². The Morgan fingerprint density at radius 1 is 0.483 bits per heavy atom. The van der Waals surface area contributed by atoms with Crippen molar-refractivity contribution in [3.05, 3.63) is 223 Å². The number of carboxylic acids is 1. The molecule has 1 heterocycles. The van der Waals surface area contributed by atoms with E-state index in [-0.39, 0.29) is 49.4 Å². The van der Waals surface area contributed by atoms with E-state index in [1.165, 1.54) is 13.2 Å². The number of carboxylic acid groups (broad SMARTS) is 1. The van der Waals surface area contributed by atoms with Crippen LogP contribution >= 0.6 is 0 Å². The third-order valence-electron chi connectivity index (χ3n) is 8.87. The first-order valence-corrected chi connectivity index (χ1v) is 20.5. The summed E-state index contributed by atoms with van der Waals surface area (Å²) < 4.78 is 27.2. The highest BCUT2D eigenvalue weighted by atomic mass is 127. The number of carbonyl (C=O) groups is 1. The van der Waals surface area contributed by atoms with E-state index in [1.807, 2.05) is 127 Å². The summed E-state index contributed by atoms with van der Waals surface area (Å²) in [7, 11) is 0. The number of para-hydroxylation sites is 4. The average molecular weight is 873 g/mol. The predicted molar refractivity (Wildman–Crippen MR) is 220 cm³/mol. The molecule has 0 aliphatic heterocycles. The summed E-state index contributed by atoms with van der Waals surface area (Å²) in [4.78, 5) is 25.1. The molecule has 1 aromatic heterocycles. The first-order valence-electron chi connectivity index (χ1n) is 18.3. The highest BCUT2D eigenvalue weighted by Crippen LogP contribution is 2.51. The van der Waals surface area contributed by atoms with E-state index < -0.39 is 5.97 Å². The van der Waals surface area contributed by atoms with Crippen molar-refractivity contribution in [2.75, 3.05) is 0 Å². The molecule has 9 rings (SSSR count). The third-order valence-corrected chi connectivity index (χ3v) is 11.5. The van der Waals surface area contributed by atoms with Gasteiger partial charge in [-0.2, -0.15) is 0 Å². The SMILES string of the molecule is O=C([O-])c1cc(Oc2ccccc2)c(Oc2ccccc2)c(Oc2ccccc2)c1-c1ccccc1.O=c1c2ccccc2oc2ccc([I+]c3ccccc3)cc12. The maximum atomic E-state index is 12.6. The molecule has 58 heavy (non-hydrogen) atoms. The summed E-state index contributed by atoms with van der Waals surface area (Å²) in [5.41, 5.74) is 2.22. The normalized spacial score (nSPS) is 10.7. The van der Waals surface area contributed by atoms with Crippen LogP contribution in [0.15, 0.2) is 209 Å². The average Bonchev–Trinajstić information content (AvgIpc) is 3.27. The van der Waals surface area contributed by atoms with Gasteiger partial charge >= 0.3 is 21.2 Å². The minimum absolute atomic E-state index is 0.0516. The van der Waals surface area contributed by atoms with Crippen LogP contribution in [0.1, 0.15) is 10.4 Å². The molecule has 8 aromatic carbocycles. The molecule has 0 bridgehead atoms. The molecule has 7 nitrogen and oxygen atoms in total. The van der Waals surface area contributed by atoms with Gasteiger partial charge in [-0.1, -0.05) is 115 Å². The fourth-order valence-corrected chi connectivity index (χ4v) is 8.53. The Bertz CT molecular complexity index is 2870. The highest BCUT2D eigenvalue weighted by molar-refractivity contribution is 5.99. The Morgan fingerprint density at radius 3 is 1.59 bits per heavy atom. The molecule has 0 N–H and O–H groups in total. The van der Waals surface area contributed by atoms with Gasteiger partial charge in [0.1, 0.15) is 28.4 Å².